The van der Waals surface area contributed by atoms with Crippen molar-refractivity contribution < 1.29 is 23.8 Å². The molecule has 0 saturated carbocycles. The minimum atomic E-state index is -0.435. The Balaban J connectivity index is 1.55. The molecule has 194 valence electrons. The van der Waals surface area contributed by atoms with Crippen LogP contribution in [0.15, 0.2) is 60.7 Å². The van der Waals surface area contributed by atoms with Crippen LogP contribution in [0.2, 0.25) is 0 Å². The van der Waals surface area contributed by atoms with Crippen molar-refractivity contribution in [3.05, 3.63) is 77.4 Å². The van der Waals surface area contributed by atoms with E-state index in [1.165, 1.54) is 12.8 Å². The van der Waals surface area contributed by atoms with Crippen LogP contribution in [0.1, 0.15) is 52.0 Å². The molecule has 1 amide bonds. The number of methoxy groups -OCH3 is 2. The van der Waals surface area contributed by atoms with E-state index in [4.69, 9.17) is 19.9 Å². The average molecular weight is 504 g/mol. The van der Waals surface area contributed by atoms with Gasteiger partial charge in [-0.15, -0.1) is 0 Å². The van der Waals surface area contributed by atoms with Gasteiger partial charge in [-0.05, 0) is 74.3 Å². The fourth-order valence-electron chi connectivity index (χ4n) is 4.40. The summed E-state index contributed by atoms with van der Waals surface area (Å²) >= 11 is 0. The number of rotatable bonds is 10. The Labute approximate surface area is 217 Å². The van der Waals surface area contributed by atoms with Crippen LogP contribution >= 0.6 is 0 Å². The summed E-state index contributed by atoms with van der Waals surface area (Å²) in [6.07, 6.45) is 4.36. The van der Waals surface area contributed by atoms with Gasteiger partial charge in [0.05, 0.1) is 37.8 Å². The quantitative estimate of drug-likeness (QED) is 0.272. The molecule has 1 aliphatic heterocycles. The summed E-state index contributed by atoms with van der Waals surface area (Å²) < 4.78 is 16.6. The molecule has 0 aliphatic carbocycles. The molecular weight excluding hydrogens is 470 g/mol. The smallest absolute Gasteiger partial charge is 0.259 e. The minimum absolute atomic E-state index is 0.251. The topological polar surface area (TPSA) is 112 Å². The number of piperidine rings is 1. The molecule has 3 aromatic carbocycles. The van der Waals surface area contributed by atoms with Gasteiger partial charge in [-0.25, -0.2) is 0 Å². The molecule has 0 aromatic heterocycles. The van der Waals surface area contributed by atoms with Crippen molar-refractivity contribution in [2.75, 3.05) is 38.4 Å². The lowest BCUT2D eigenvalue weighted by Crippen LogP contribution is -2.35. The molecule has 1 aliphatic rings. The lowest BCUT2D eigenvalue weighted by atomic mass is 10.00. The van der Waals surface area contributed by atoms with Crippen LogP contribution in [0.5, 0.6) is 17.2 Å². The molecule has 1 saturated heterocycles. The number of ketones is 1. The number of ether oxygens (including phenoxy) is 3. The second-order valence-electron chi connectivity index (χ2n) is 8.93. The number of benzene rings is 3. The average Bonchev–Trinajstić information content (AvgIpc) is 2.94. The highest BCUT2D eigenvalue weighted by Gasteiger charge is 2.21. The van der Waals surface area contributed by atoms with Crippen molar-refractivity contribution >= 4 is 23.1 Å². The molecule has 1 atom stereocenters. The largest absolute Gasteiger partial charge is 0.497 e. The van der Waals surface area contributed by atoms with Gasteiger partial charge in [-0.2, -0.15) is 0 Å². The number of carbonyl (C=O) groups excluding carboxylic acids is 2. The fraction of sp³-hybridized carbons (Fsp3) is 0.310. The highest BCUT2D eigenvalue weighted by atomic mass is 16.5. The molecule has 3 aromatic rings. The van der Waals surface area contributed by atoms with Gasteiger partial charge in [-0.1, -0.05) is 12.5 Å². The Morgan fingerprint density at radius 3 is 2.43 bits per heavy atom. The number of anilines is 2. The lowest BCUT2D eigenvalue weighted by Gasteiger charge is -2.23. The second-order valence-corrected chi connectivity index (χ2v) is 8.93. The van der Waals surface area contributed by atoms with E-state index in [2.05, 4.69) is 10.6 Å². The van der Waals surface area contributed by atoms with Crippen LogP contribution in [0.4, 0.5) is 11.4 Å². The number of para-hydroxylation sites is 1. The maximum absolute atomic E-state index is 13.4. The van der Waals surface area contributed by atoms with Crippen molar-refractivity contribution in [1.82, 2.24) is 5.32 Å². The van der Waals surface area contributed by atoms with Crippen LogP contribution in [0.3, 0.4) is 0 Å². The SMILES string of the molecule is COc1ccc(C(=O)c2cccc(N)c2NC(=O)c2ccc(OC)cc2OCCC2CCCCN2)cc1. The Bertz CT molecular complexity index is 1240. The highest BCUT2D eigenvalue weighted by molar-refractivity contribution is 6.17. The number of nitrogens with one attached hydrogen (secondary N) is 2. The second kappa shape index (κ2) is 12.3. The van der Waals surface area contributed by atoms with Crippen molar-refractivity contribution in [2.24, 2.45) is 0 Å². The standard InChI is InChI=1S/C29H33N3O5/c1-35-21-11-9-19(10-12-21)28(33)24-7-5-8-25(30)27(24)32-29(34)23-14-13-22(36-2)18-26(23)37-17-15-20-6-3-4-16-31-20/h5,7-14,18,20,31H,3-4,6,15-17,30H2,1-2H3,(H,32,34). The van der Waals surface area contributed by atoms with Gasteiger partial charge >= 0.3 is 0 Å². The first-order valence-corrected chi connectivity index (χ1v) is 12.4. The summed E-state index contributed by atoms with van der Waals surface area (Å²) in [5.41, 5.74) is 7.81. The monoisotopic (exact) mass is 503 g/mol. The molecular formula is C29H33N3O5. The number of hydrogen-bond acceptors (Lipinski definition) is 7. The van der Waals surface area contributed by atoms with Crippen LogP contribution in [-0.4, -0.2) is 45.1 Å². The first kappa shape index (κ1) is 26.0. The zero-order chi connectivity index (χ0) is 26.2. The third-order valence-electron chi connectivity index (χ3n) is 6.50. The molecule has 37 heavy (non-hydrogen) atoms. The van der Waals surface area contributed by atoms with E-state index < -0.39 is 5.91 Å². The Kier molecular flexibility index (Phi) is 8.64. The molecule has 4 rings (SSSR count). The van der Waals surface area contributed by atoms with Crippen LogP contribution in [-0.2, 0) is 0 Å². The van der Waals surface area contributed by atoms with E-state index in [1.807, 2.05) is 0 Å². The third-order valence-corrected chi connectivity index (χ3v) is 6.50. The van der Waals surface area contributed by atoms with E-state index in [9.17, 15) is 9.59 Å². The maximum Gasteiger partial charge on any atom is 0.259 e. The fourth-order valence-corrected chi connectivity index (χ4v) is 4.40. The van der Waals surface area contributed by atoms with Crippen molar-refractivity contribution in [1.29, 1.82) is 0 Å². The Morgan fingerprint density at radius 2 is 1.73 bits per heavy atom. The first-order valence-electron chi connectivity index (χ1n) is 12.4. The van der Waals surface area contributed by atoms with Crippen molar-refractivity contribution in [2.45, 2.75) is 31.7 Å². The Morgan fingerprint density at radius 1 is 0.973 bits per heavy atom. The zero-order valence-electron chi connectivity index (χ0n) is 21.2. The predicted molar refractivity (Wildman–Crippen MR) is 144 cm³/mol. The molecule has 4 N–H and O–H groups in total. The number of nitrogens with two attached hydrogens (primary N) is 1. The van der Waals surface area contributed by atoms with Crippen molar-refractivity contribution in [3.8, 4) is 17.2 Å². The maximum atomic E-state index is 13.4. The van der Waals surface area contributed by atoms with Crippen LogP contribution in [0, 0.1) is 0 Å². The van der Waals surface area contributed by atoms with Gasteiger partial charge in [0.25, 0.3) is 5.91 Å². The van der Waals surface area contributed by atoms with E-state index in [-0.39, 0.29) is 22.7 Å². The molecule has 1 unspecified atom stereocenters. The Hall–Kier alpha value is -4.04. The van der Waals surface area contributed by atoms with Gasteiger partial charge in [-0.3, -0.25) is 9.59 Å². The van der Waals surface area contributed by atoms with Crippen LogP contribution in [0.25, 0.3) is 0 Å². The number of amides is 1. The summed E-state index contributed by atoms with van der Waals surface area (Å²) in [5.74, 6) is 0.928. The molecule has 1 heterocycles. The van der Waals surface area contributed by atoms with E-state index in [0.29, 0.717) is 41.0 Å². The summed E-state index contributed by atoms with van der Waals surface area (Å²) in [7, 11) is 3.12. The lowest BCUT2D eigenvalue weighted by molar-refractivity contribution is 0.102. The van der Waals surface area contributed by atoms with E-state index in [0.717, 1.165) is 19.4 Å². The molecule has 0 radical (unpaired) electrons. The summed E-state index contributed by atoms with van der Waals surface area (Å²) in [5, 5.41) is 6.35. The summed E-state index contributed by atoms with van der Waals surface area (Å²) in [4.78, 5) is 26.7. The van der Waals surface area contributed by atoms with Crippen LogP contribution < -0.4 is 30.6 Å². The highest BCUT2D eigenvalue weighted by Crippen LogP contribution is 2.30. The van der Waals surface area contributed by atoms with Gasteiger partial charge in [0.15, 0.2) is 5.78 Å². The van der Waals surface area contributed by atoms with Gasteiger partial charge in [0, 0.05) is 23.2 Å². The molecule has 0 spiro atoms. The first-order chi connectivity index (χ1) is 18.0. The van der Waals surface area contributed by atoms with E-state index in [1.54, 1.807) is 74.9 Å². The third kappa shape index (κ3) is 6.40. The van der Waals surface area contributed by atoms with Gasteiger partial charge in [0.2, 0.25) is 0 Å². The normalized spacial score (nSPS) is 15.0. The number of carbonyl (C=O) groups is 2. The zero-order valence-corrected chi connectivity index (χ0v) is 21.2. The molecule has 8 nitrogen and oxygen atoms in total. The minimum Gasteiger partial charge on any atom is -0.497 e. The predicted octanol–water partition coefficient (Wildman–Crippen LogP) is 4.68. The molecule has 1 fully saturated rings. The molecule has 8 heteroatoms. The van der Waals surface area contributed by atoms with E-state index >= 15 is 0 Å². The number of hydrogen-bond donors (Lipinski definition) is 3. The van der Waals surface area contributed by atoms with Crippen molar-refractivity contribution in [3.63, 3.8) is 0 Å². The van der Waals surface area contributed by atoms with Gasteiger partial charge in [0.1, 0.15) is 17.2 Å². The summed E-state index contributed by atoms with van der Waals surface area (Å²) in [6, 6.07) is 17.2. The summed E-state index contributed by atoms with van der Waals surface area (Å²) in [6.45, 7) is 1.48. The molecule has 0 bridgehead atoms. The number of nitrogen functional groups attached to an aromatic ring is 1. The van der Waals surface area contributed by atoms with Gasteiger partial charge < -0.3 is 30.6 Å².